The molecule has 2 aliphatic heterocycles. The van der Waals surface area contributed by atoms with Crippen molar-refractivity contribution in [2.45, 2.75) is 57.5 Å². The van der Waals surface area contributed by atoms with E-state index in [0.717, 1.165) is 25.7 Å². The fourth-order valence-corrected chi connectivity index (χ4v) is 5.79. The predicted molar refractivity (Wildman–Crippen MR) is 97.7 cm³/mol. The Bertz CT molecular complexity index is 664. The van der Waals surface area contributed by atoms with Crippen molar-refractivity contribution in [2.24, 2.45) is 0 Å². The second-order valence-electron chi connectivity index (χ2n) is 7.13. The average molecular weight is 368 g/mol. The minimum atomic E-state index is -3.33. The third kappa shape index (κ3) is 4.08. The number of likely N-dealkylation sites (tertiary alicyclic amines) is 1. The molecule has 2 saturated heterocycles. The Kier molecular flexibility index (Phi) is 5.84. The number of carbonyl (C=O) groups is 1. The molecule has 1 aromatic heterocycles. The van der Waals surface area contributed by atoms with E-state index in [9.17, 15) is 13.2 Å². The second kappa shape index (κ2) is 7.91. The van der Waals surface area contributed by atoms with Crippen molar-refractivity contribution >= 4 is 15.9 Å². The van der Waals surface area contributed by atoms with Gasteiger partial charge in [-0.25, -0.2) is 8.42 Å². The maximum Gasteiger partial charge on any atom is 0.241 e. The molecule has 3 rings (SSSR count). The quantitative estimate of drug-likeness (QED) is 0.802. The number of rotatable bonds is 5. The third-order valence-electron chi connectivity index (χ3n) is 5.38. The lowest BCUT2D eigenvalue weighted by molar-refractivity contribution is -0.137. The maximum absolute atomic E-state index is 13.0. The first kappa shape index (κ1) is 18.5. The normalized spacial score (nSPS) is 23.7. The van der Waals surface area contributed by atoms with Crippen LogP contribution >= 0.6 is 0 Å². The van der Waals surface area contributed by atoms with Crippen molar-refractivity contribution in [2.75, 3.05) is 25.4 Å². The van der Waals surface area contributed by atoms with Gasteiger partial charge in [0.2, 0.25) is 15.9 Å². The lowest BCUT2D eigenvalue weighted by Crippen LogP contribution is -2.54. The maximum atomic E-state index is 13.0. The van der Waals surface area contributed by atoms with Crippen LogP contribution in [0.25, 0.3) is 0 Å². The van der Waals surface area contributed by atoms with Crippen LogP contribution in [0.3, 0.4) is 0 Å². The standard InChI is InChI=1S/C18H29N3O3S/c1-2-15-25(23,24)21-12-4-3-7-17(21)18(22)20-13-8-16(9-14-20)19-10-5-6-11-19/h5-6,10-11,16-17H,2-4,7-9,12-15H2,1H3. The van der Waals surface area contributed by atoms with Gasteiger partial charge in [0.25, 0.3) is 0 Å². The van der Waals surface area contributed by atoms with Crippen LogP contribution in [-0.4, -0.2) is 59.5 Å². The Balaban J connectivity index is 1.65. The summed E-state index contributed by atoms with van der Waals surface area (Å²) in [5, 5.41) is 0. The highest BCUT2D eigenvalue weighted by Crippen LogP contribution is 2.27. The largest absolute Gasteiger partial charge is 0.351 e. The van der Waals surface area contributed by atoms with E-state index in [1.54, 1.807) is 0 Å². The van der Waals surface area contributed by atoms with E-state index in [1.165, 1.54) is 4.31 Å². The zero-order valence-corrected chi connectivity index (χ0v) is 15.8. The van der Waals surface area contributed by atoms with E-state index in [1.807, 2.05) is 24.0 Å². The topological polar surface area (TPSA) is 62.6 Å². The monoisotopic (exact) mass is 367 g/mol. The number of nitrogens with zero attached hydrogens (tertiary/aromatic N) is 3. The number of hydrogen-bond acceptors (Lipinski definition) is 3. The molecular weight excluding hydrogens is 338 g/mol. The van der Waals surface area contributed by atoms with Crippen LogP contribution in [0.5, 0.6) is 0 Å². The number of carbonyl (C=O) groups excluding carboxylic acids is 1. The van der Waals surface area contributed by atoms with Gasteiger partial charge in [-0.05, 0) is 44.2 Å². The first-order chi connectivity index (χ1) is 12.0. The minimum Gasteiger partial charge on any atom is -0.351 e. The molecule has 0 radical (unpaired) electrons. The van der Waals surface area contributed by atoms with Gasteiger partial charge in [-0.2, -0.15) is 4.31 Å². The molecule has 0 aliphatic carbocycles. The number of hydrogen-bond donors (Lipinski definition) is 0. The Hall–Kier alpha value is -1.34. The van der Waals surface area contributed by atoms with E-state index in [2.05, 4.69) is 17.0 Å². The molecule has 140 valence electrons. The van der Waals surface area contributed by atoms with E-state index < -0.39 is 16.1 Å². The predicted octanol–water partition coefficient (Wildman–Crippen LogP) is 2.25. The average Bonchev–Trinajstić information content (AvgIpc) is 3.16. The van der Waals surface area contributed by atoms with Gasteiger partial charge in [0.15, 0.2) is 0 Å². The van der Waals surface area contributed by atoms with Gasteiger partial charge in [-0.15, -0.1) is 0 Å². The number of aromatic nitrogens is 1. The van der Waals surface area contributed by atoms with E-state index in [-0.39, 0.29) is 11.7 Å². The van der Waals surface area contributed by atoms with Crippen molar-refractivity contribution in [3.63, 3.8) is 0 Å². The summed E-state index contributed by atoms with van der Waals surface area (Å²) < 4.78 is 28.8. The molecule has 0 N–H and O–H groups in total. The van der Waals surface area contributed by atoms with Crippen LogP contribution in [-0.2, 0) is 14.8 Å². The second-order valence-corrected chi connectivity index (χ2v) is 9.17. The summed E-state index contributed by atoms with van der Waals surface area (Å²) in [5.41, 5.74) is 0. The van der Waals surface area contributed by atoms with Gasteiger partial charge in [0.05, 0.1) is 5.75 Å². The van der Waals surface area contributed by atoms with Crippen LogP contribution in [0, 0.1) is 0 Å². The van der Waals surface area contributed by atoms with Crippen molar-refractivity contribution in [1.82, 2.24) is 13.8 Å². The minimum absolute atomic E-state index is 0.00494. The van der Waals surface area contributed by atoms with Gasteiger partial charge in [-0.1, -0.05) is 13.3 Å². The zero-order chi connectivity index (χ0) is 17.9. The Morgan fingerprint density at radius 1 is 1.04 bits per heavy atom. The molecule has 1 amide bonds. The lowest BCUT2D eigenvalue weighted by atomic mass is 10.0. The molecule has 0 aromatic carbocycles. The van der Waals surface area contributed by atoms with Crippen molar-refractivity contribution in [3.8, 4) is 0 Å². The molecule has 0 saturated carbocycles. The molecule has 2 fully saturated rings. The first-order valence-corrected chi connectivity index (χ1v) is 11.0. The van der Waals surface area contributed by atoms with Gasteiger partial charge >= 0.3 is 0 Å². The Morgan fingerprint density at radius 2 is 1.72 bits per heavy atom. The molecule has 0 bridgehead atoms. The summed E-state index contributed by atoms with van der Waals surface area (Å²) in [6.07, 6.45) is 9.01. The highest BCUT2D eigenvalue weighted by molar-refractivity contribution is 7.89. The molecule has 7 heteroatoms. The third-order valence-corrected chi connectivity index (χ3v) is 7.46. The Labute approximate surface area is 150 Å². The fraction of sp³-hybridized carbons (Fsp3) is 0.722. The smallest absolute Gasteiger partial charge is 0.241 e. The van der Waals surface area contributed by atoms with Gasteiger partial charge in [0.1, 0.15) is 6.04 Å². The number of piperidine rings is 2. The highest BCUT2D eigenvalue weighted by Gasteiger charge is 2.39. The van der Waals surface area contributed by atoms with Crippen molar-refractivity contribution in [1.29, 1.82) is 0 Å². The molecule has 6 nitrogen and oxygen atoms in total. The molecule has 1 unspecified atom stereocenters. The number of amides is 1. The summed E-state index contributed by atoms with van der Waals surface area (Å²) in [6.45, 7) is 3.77. The molecular formula is C18H29N3O3S. The van der Waals surface area contributed by atoms with Gasteiger partial charge in [0, 0.05) is 38.1 Å². The van der Waals surface area contributed by atoms with Crippen LogP contribution in [0.2, 0.25) is 0 Å². The molecule has 3 heterocycles. The van der Waals surface area contributed by atoms with Crippen LogP contribution < -0.4 is 0 Å². The molecule has 1 atom stereocenters. The molecule has 2 aliphatic rings. The van der Waals surface area contributed by atoms with Crippen molar-refractivity contribution < 1.29 is 13.2 Å². The van der Waals surface area contributed by atoms with Crippen LogP contribution in [0.1, 0.15) is 51.5 Å². The van der Waals surface area contributed by atoms with E-state index in [0.29, 0.717) is 38.5 Å². The van der Waals surface area contributed by atoms with Crippen molar-refractivity contribution in [3.05, 3.63) is 24.5 Å². The summed E-state index contributed by atoms with van der Waals surface area (Å²) in [6, 6.07) is 3.99. The van der Waals surface area contributed by atoms with E-state index >= 15 is 0 Å². The number of sulfonamides is 1. The summed E-state index contributed by atoms with van der Waals surface area (Å²) in [4.78, 5) is 14.9. The highest BCUT2D eigenvalue weighted by atomic mass is 32.2. The van der Waals surface area contributed by atoms with Gasteiger partial charge in [-0.3, -0.25) is 4.79 Å². The summed E-state index contributed by atoms with van der Waals surface area (Å²) in [7, 11) is -3.33. The first-order valence-electron chi connectivity index (χ1n) is 9.43. The molecule has 25 heavy (non-hydrogen) atoms. The zero-order valence-electron chi connectivity index (χ0n) is 15.0. The lowest BCUT2D eigenvalue weighted by Gasteiger charge is -2.39. The van der Waals surface area contributed by atoms with E-state index in [4.69, 9.17) is 0 Å². The Morgan fingerprint density at radius 3 is 2.36 bits per heavy atom. The fourth-order valence-electron chi connectivity index (χ4n) is 4.05. The summed E-state index contributed by atoms with van der Waals surface area (Å²) >= 11 is 0. The van der Waals surface area contributed by atoms with Crippen LogP contribution in [0.15, 0.2) is 24.5 Å². The molecule has 1 aromatic rings. The van der Waals surface area contributed by atoms with Crippen LogP contribution in [0.4, 0.5) is 0 Å². The molecule has 0 spiro atoms. The summed E-state index contributed by atoms with van der Waals surface area (Å²) in [5.74, 6) is 0.136. The SMILES string of the molecule is CCCS(=O)(=O)N1CCCCC1C(=O)N1CCC(n2cccc2)CC1. The van der Waals surface area contributed by atoms with Gasteiger partial charge < -0.3 is 9.47 Å².